The van der Waals surface area contributed by atoms with Crippen molar-refractivity contribution in [1.29, 1.82) is 0 Å². The van der Waals surface area contributed by atoms with Gasteiger partial charge < -0.3 is 4.74 Å². The Morgan fingerprint density at radius 3 is 3.00 bits per heavy atom. The Bertz CT molecular complexity index is 252. The van der Waals surface area contributed by atoms with Crippen molar-refractivity contribution in [1.82, 2.24) is 4.90 Å². The fraction of sp³-hybridized carbons (Fsp3) is 0.889. The van der Waals surface area contributed by atoms with Crippen LogP contribution in [0, 0.1) is 0 Å². The van der Waals surface area contributed by atoms with Crippen molar-refractivity contribution >= 4 is 42.1 Å². The molecule has 3 nitrogen and oxygen atoms in total. The lowest BCUT2D eigenvalue weighted by Crippen LogP contribution is -2.44. The summed E-state index contributed by atoms with van der Waals surface area (Å²) in [4.78, 5) is 14.0. The van der Waals surface area contributed by atoms with Gasteiger partial charge in [0.15, 0.2) is 0 Å². The monoisotopic (exact) mass is 265 g/mol. The minimum atomic E-state index is -0.0678. The first-order valence-electron chi connectivity index (χ1n) is 5.06. The maximum absolute atomic E-state index is 11.7. The van der Waals surface area contributed by atoms with E-state index < -0.39 is 0 Å². The van der Waals surface area contributed by atoms with Crippen molar-refractivity contribution in [3.8, 4) is 0 Å². The molecule has 0 N–H and O–H groups in total. The summed E-state index contributed by atoms with van der Waals surface area (Å²) in [7, 11) is 0. The average molecular weight is 265 g/mol. The van der Waals surface area contributed by atoms with E-state index in [0.717, 1.165) is 17.3 Å². The van der Waals surface area contributed by atoms with E-state index in [1.165, 1.54) is 0 Å². The minimum absolute atomic E-state index is 0.0490. The third-order valence-corrected chi connectivity index (χ3v) is 6.03. The minimum Gasteiger partial charge on any atom is -0.465 e. The summed E-state index contributed by atoms with van der Waals surface area (Å²) >= 11 is 8.09. The number of thioether (sulfide) groups is 2. The lowest BCUT2D eigenvalue weighted by atomic mass is 10.3. The van der Waals surface area contributed by atoms with Gasteiger partial charge in [0.1, 0.15) is 6.04 Å². The second kappa shape index (κ2) is 5.21. The van der Waals surface area contributed by atoms with Crippen LogP contribution >= 0.6 is 36.2 Å². The molecule has 86 valence electrons. The molecule has 0 aliphatic carbocycles. The van der Waals surface area contributed by atoms with E-state index in [9.17, 15) is 4.79 Å². The van der Waals surface area contributed by atoms with Gasteiger partial charge in [-0.15, -0.1) is 23.5 Å². The molecule has 2 heterocycles. The number of esters is 1. The zero-order valence-electron chi connectivity index (χ0n) is 8.59. The Morgan fingerprint density at radius 2 is 2.33 bits per heavy atom. The molecule has 0 aromatic heterocycles. The first-order chi connectivity index (χ1) is 7.27. The molecule has 2 aliphatic heterocycles. The summed E-state index contributed by atoms with van der Waals surface area (Å²) in [5.41, 5.74) is 0. The Morgan fingerprint density at radius 1 is 1.53 bits per heavy atom. The van der Waals surface area contributed by atoms with Crippen LogP contribution in [0.1, 0.15) is 6.92 Å². The van der Waals surface area contributed by atoms with Crippen LogP contribution in [0.5, 0.6) is 0 Å². The number of fused-ring (bicyclic) bond motifs is 1. The number of hydrogen-bond donors (Lipinski definition) is 1. The fourth-order valence-electron chi connectivity index (χ4n) is 1.95. The van der Waals surface area contributed by atoms with E-state index >= 15 is 0 Å². The maximum Gasteiger partial charge on any atom is 0.324 e. The normalized spacial score (nSPS) is 35.5. The van der Waals surface area contributed by atoms with Crippen molar-refractivity contribution in [3.05, 3.63) is 0 Å². The molecule has 0 radical (unpaired) electrons. The standard InChI is InChI=1S/C9H15NO2S3/c1-2-12-9(11)6-4-14-8-5-15-7(3-13)10(6)8/h6-8,13H,2-5H2,1H3/t6-,7+,8+/m0/s1. The SMILES string of the molecule is CCOC(=O)[C@@H]1CS[C@@H]2CS[C@H](CS)N21. The number of ether oxygens (including phenoxy) is 1. The summed E-state index contributed by atoms with van der Waals surface area (Å²) in [5.74, 6) is 2.71. The van der Waals surface area contributed by atoms with Gasteiger partial charge in [0.05, 0.1) is 17.4 Å². The largest absolute Gasteiger partial charge is 0.465 e. The number of carbonyl (C=O) groups is 1. The summed E-state index contributed by atoms with van der Waals surface area (Å²) in [6.07, 6.45) is 0. The summed E-state index contributed by atoms with van der Waals surface area (Å²) in [5, 5.41) is 0.865. The number of rotatable bonds is 3. The van der Waals surface area contributed by atoms with Gasteiger partial charge in [0.2, 0.25) is 0 Å². The van der Waals surface area contributed by atoms with E-state index in [0.29, 0.717) is 17.4 Å². The van der Waals surface area contributed by atoms with E-state index in [1.807, 2.05) is 30.4 Å². The van der Waals surface area contributed by atoms with E-state index in [4.69, 9.17) is 4.74 Å². The molecule has 0 amide bonds. The van der Waals surface area contributed by atoms with Gasteiger partial charge in [-0.3, -0.25) is 9.69 Å². The van der Waals surface area contributed by atoms with Crippen molar-refractivity contribution in [2.45, 2.75) is 23.7 Å². The molecule has 2 rings (SSSR count). The molecule has 3 atom stereocenters. The highest BCUT2D eigenvalue weighted by Gasteiger charge is 2.46. The van der Waals surface area contributed by atoms with Crippen LogP contribution in [0.15, 0.2) is 0 Å². The molecule has 2 aliphatic rings. The van der Waals surface area contributed by atoms with Crippen LogP contribution in [0.3, 0.4) is 0 Å². The van der Waals surface area contributed by atoms with Crippen molar-refractivity contribution in [3.63, 3.8) is 0 Å². The van der Waals surface area contributed by atoms with Crippen LogP contribution in [0.25, 0.3) is 0 Å². The highest BCUT2D eigenvalue weighted by atomic mass is 32.2. The van der Waals surface area contributed by atoms with Gasteiger partial charge in [-0.2, -0.15) is 12.6 Å². The summed E-state index contributed by atoms with van der Waals surface area (Å²) in [6, 6.07) is -0.0490. The topological polar surface area (TPSA) is 29.5 Å². The molecule has 6 heteroatoms. The van der Waals surface area contributed by atoms with Gasteiger partial charge in [-0.05, 0) is 6.92 Å². The Hall–Kier alpha value is 0.480. The first kappa shape index (κ1) is 12.0. The molecular formula is C9H15NO2S3. The number of thiol groups is 1. The molecule has 15 heavy (non-hydrogen) atoms. The Balaban J connectivity index is 2.04. The molecule has 2 saturated heterocycles. The summed E-state index contributed by atoms with van der Waals surface area (Å²) < 4.78 is 5.10. The number of nitrogens with zero attached hydrogens (tertiary/aromatic N) is 1. The Labute approximate surface area is 104 Å². The molecular weight excluding hydrogens is 250 g/mol. The Kier molecular flexibility index (Phi) is 4.15. The van der Waals surface area contributed by atoms with Crippen LogP contribution in [0.2, 0.25) is 0 Å². The average Bonchev–Trinajstić information content (AvgIpc) is 2.77. The van der Waals surface area contributed by atoms with Crippen molar-refractivity contribution < 1.29 is 9.53 Å². The zero-order valence-corrected chi connectivity index (χ0v) is 11.1. The smallest absolute Gasteiger partial charge is 0.324 e. The van der Waals surface area contributed by atoms with Gasteiger partial charge in [-0.25, -0.2) is 0 Å². The zero-order chi connectivity index (χ0) is 10.8. The van der Waals surface area contributed by atoms with E-state index in [1.54, 1.807) is 0 Å². The number of carbonyl (C=O) groups excluding carboxylic acids is 1. The number of hydrogen-bond acceptors (Lipinski definition) is 6. The van der Waals surface area contributed by atoms with Crippen molar-refractivity contribution in [2.24, 2.45) is 0 Å². The highest BCUT2D eigenvalue weighted by molar-refractivity contribution is 8.05. The second-order valence-electron chi connectivity index (χ2n) is 3.47. The lowest BCUT2D eigenvalue weighted by Gasteiger charge is -2.26. The predicted molar refractivity (Wildman–Crippen MR) is 68.6 cm³/mol. The molecule has 2 fully saturated rings. The molecule has 0 aromatic carbocycles. The molecule has 0 unspecified atom stereocenters. The third kappa shape index (κ3) is 2.28. The lowest BCUT2D eigenvalue weighted by molar-refractivity contribution is -0.148. The van der Waals surface area contributed by atoms with Gasteiger partial charge >= 0.3 is 5.97 Å². The van der Waals surface area contributed by atoms with Crippen LogP contribution in [0.4, 0.5) is 0 Å². The van der Waals surface area contributed by atoms with Crippen LogP contribution < -0.4 is 0 Å². The molecule has 0 bridgehead atoms. The maximum atomic E-state index is 11.7. The summed E-state index contributed by atoms with van der Waals surface area (Å²) in [6.45, 7) is 2.32. The van der Waals surface area contributed by atoms with E-state index in [-0.39, 0.29) is 12.0 Å². The first-order valence-corrected chi connectivity index (χ1v) is 7.79. The second-order valence-corrected chi connectivity index (χ2v) is 6.26. The fourth-order valence-corrected chi connectivity index (χ4v) is 5.46. The molecule has 0 spiro atoms. The van der Waals surface area contributed by atoms with E-state index in [2.05, 4.69) is 17.5 Å². The quantitative estimate of drug-likeness (QED) is 0.614. The predicted octanol–water partition coefficient (Wildman–Crippen LogP) is 1.30. The van der Waals surface area contributed by atoms with Crippen LogP contribution in [-0.2, 0) is 9.53 Å². The molecule has 0 aromatic rings. The van der Waals surface area contributed by atoms with Gasteiger partial charge in [0, 0.05) is 17.3 Å². The van der Waals surface area contributed by atoms with Gasteiger partial charge in [-0.1, -0.05) is 0 Å². The van der Waals surface area contributed by atoms with Crippen LogP contribution in [-0.4, -0.2) is 51.5 Å². The third-order valence-electron chi connectivity index (χ3n) is 2.62. The molecule has 0 saturated carbocycles. The van der Waals surface area contributed by atoms with Gasteiger partial charge in [0.25, 0.3) is 0 Å². The van der Waals surface area contributed by atoms with Crippen molar-refractivity contribution in [2.75, 3.05) is 23.9 Å². The highest BCUT2D eigenvalue weighted by Crippen LogP contribution is 2.42.